The smallest absolute Gasteiger partial charge is 0.406 e. The molecule has 0 bridgehead atoms. The molecule has 2 N–H and O–H groups in total. The highest BCUT2D eigenvalue weighted by atomic mass is 19.4. The third kappa shape index (κ3) is 5.77. The summed E-state index contributed by atoms with van der Waals surface area (Å²) < 4.78 is 47.0. The number of halogens is 3. The van der Waals surface area contributed by atoms with Crippen LogP contribution in [-0.2, 0) is 35.5 Å². The van der Waals surface area contributed by atoms with E-state index in [-0.39, 0.29) is 13.0 Å². The minimum Gasteiger partial charge on any atom is -0.493 e. The van der Waals surface area contributed by atoms with E-state index in [0.29, 0.717) is 34.8 Å². The van der Waals surface area contributed by atoms with Gasteiger partial charge in [0, 0.05) is 32.3 Å². The van der Waals surface area contributed by atoms with Crippen molar-refractivity contribution >= 4 is 17.8 Å². The number of carboxylic acid groups (broad SMARTS) is 1. The van der Waals surface area contributed by atoms with Gasteiger partial charge in [-0.25, -0.2) is 4.98 Å². The van der Waals surface area contributed by atoms with Crippen molar-refractivity contribution in [1.29, 1.82) is 0 Å². The van der Waals surface area contributed by atoms with Crippen molar-refractivity contribution in [3.05, 3.63) is 41.2 Å². The second-order valence-corrected chi connectivity index (χ2v) is 8.37. The molecule has 1 aromatic heterocycles. The minimum atomic E-state index is -4.58. The first-order valence-corrected chi connectivity index (χ1v) is 10.8. The van der Waals surface area contributed by atoms with Gasteiger partial charge < -0.3 is 24.6 Å². The summed E-state index contributed by atoms with van der Waals surface area (Å²) in [7, 11) is 0. The van der Waals surface area contributed by atoms with Gasteiger partial charge in [0.1, 0.15) is 12.3 Å². The van der Waals surface area contributed by atoms with Crippen molar-refractivity contribution in [2.45, 2.75) is 44.9 Å². The number of nitrogens with one attached hydrogen (secondary N) is 1. The zero-order valence-corrected chi connectivity index (χ0v) is 17.9. The fourth-order valence-corrected chi connectivity index (χ4v) is 4.28. The Morgan fingerprint density at radius 1 is 1.30 bits per heavy atom. The second-order valence-electron chi connectivity index (χ2n) is 8.37. The fourth-order valence-electron chi connectivity index (χ4n) is 4.28. The van der Waals surface area contributed by atoms with Crippen LogP contribution in [0.25, 0.3) is 0 Å². The Balaban J connectivity index is 1.46. The maximum Gasteiger partial charge on any atom is 0.406 e. The predicted molar refractivity (Wildman–Crippen MR) is 112 cm³/mol. The molecule has 178 valence electrons. The summed E-state index contributed by atoms with van der Waals surface area (Å²) in [4.78, 5) is 29.0. The number of nitrogens with zero attached hydrogens (tertiary/aromatic N) is 3. The Morgan fingerprint density at radius 3 is 2.85 bits per heavy atom. The molecule has 0 saturated heterocycles. The number of alkyl halides is 3. The third-order valence-electron chi connectivity index (χ3n) is 5.77. The molecule has 0 aliphatic carbocycles. The number of carbonyl (C=O) groups is 2. The van der Waals surface area contributed by atoms with E-state index in [9.17, 15) is 22.8 Å². The monoisotopic (exact) mass is 466 g/mol. The summed E-state index contributed by atoms with van der Waals surface area (Å²) in [6.45, 7) is 0.467. The van der Waals surface area contributed by atoms with Crippen LogP contribution in [0.2, 0.25) is 0 Å². The molecule has 2 aliphatic heterocycles. The molecule has 33 heavy (non-hydrogen) atoms. The summed E-state index contributed by atoms with van der Waals surface area (Å²) >= 11 is 0. The number of benzene rings is 1. The number of hydrogen-bond donors (Lipinski definition) is 2. The number of aliphatic carboxylic acids is 1. The summed E-state index contributed by atoms with van der Waals surface area (Å²) in [5.41, 5.74) is 2.06. The van der Waals surface area contributed by atoms with Crippen molar-refractivity contribution in [3.8, 4) is 5.75 Å². The minimum absolute atomic E-state index is 0.0717. The zero-order chi connectivity index (χ0) is 23.6. The van der Waals surface area contributed by atoms with Crippen LogP contribution >= 0.6 is 0 Å². The van der Waals surface area contributed by atoms with Crippen molar-refractivity contribution in [2.75, 3.05) is 25.0 Å². The lowest BCUT2D eigenvalue weighted by Crippen LogP contribution is -2.41. The number of fused-ring (bicyclic) bond motifs is 2. The first-order chi connectivity index (χ1) is 15.7. The maximum absolute atomic E-state index is 13.1. The lowest BCUT2D eigenvalue weighted by atomic mass is 9.94. The Hall–Kier alpha value is -3.24. The largest absolute Gasteiger partial charge is 0.493 e. The quantitative estimate of drug-likeness (QED) is 0.652. The molecule has 11 heteroatoms. The van der Waals surface area contributed by atoms with Gasteiger partial charge in [-0.1, -0.05) is 6.07 Å². The molecule has 1 amide bonds. The van der Waals surface area contributed by atoms with Gasteiger partial charge >= 0.3 is 12.1 Å². The van der Waals surface area contributed by atoms with Crippen molar-refractivity contribution in [3.63, 3.8) is 0 Å². The van der Waals surface area contributed by atoms with Gasteiger partial charge in [0.15, 0.2) is 0 Å². The molecular formula is C22H25F3N4O4. The maximum atomic E-state index is 13.1. The molecule has 0 spiro atoms. The molecule has 2 aliphatic rings. The average Bonchev–Trinajstić information content (AvgIpc) is 3.10. The fraction of sp³-hybridized carbons (Fsp3) is 0.500. The van der Waals surface area contributed by atoms with E-state index >= 15 is 0 Å². The molecule has 2 aromatic rings. The Bertz CT molecular complexity index is 1010. The molecule has 0 radical (unpaired) electrons. The number of amides is 1. The topological polar surface area (TPSA) is 96.7 Å². The molecule has 3 heterocycles. The van der Waals surface area contributed by atoms with Crippen LogP contribution < -0.4 is 10.1 Å². The first-order valence-electron chi connectivity index (χ1n) is 10.8. The van der Waals surface area contributed by atoms with Gasteiger partial charge in [-0.15, -0.1) is 0 Å². The Kier molecular flexibility index (Phi) is 6.48. The molecule has 0 unspecified atom stereocenters. The number of carboxylic acids is 1. The summed E-state index contributed by atoms with van der Waals surface area (Å²) in [5, 5.41) is 12.3. The molecule has 8 nitrogen and oxygen atoms in total. The first kappa shape index (κ1) is 22.9. The number of imidazole rings is 1. The van der Waals surface area contributed by atoms with Crippen LogP contribution in [0.5, 0.6) is 5.75 Å². The van der Waals surface area contributed by atoms with Crippen molar-refractivity contribution in [2.24, 2.45) is 5.92 Å². The molecule has 0 saturated carbocycles. The third-order valence-corrected chi connectivity index (χ3v) is 5.77. The zero-order valence-electron chi connectivity index (χ0n) is 17.9. The Morgan fingerprint density at radius 2 is 2.12 bits per heavy atom. The van der Waals surface area contributed by atoms with Gasteiger partial charge in [-0.05, 0) is 36.1 Å². The van der Waals surface area contributed by atoms with Crippen LogP contribution in [0.4, 0.5) is 19.1 Å². The van der Waals surface area contributed by atoms with Gasteiger partial charge in [0.25, 0.3) is 0 Å². The predicted octanol–water partition coefficient (Wildman–Crippen LogP) is 2.86. The highest BCUT2D eigenvalue weighted by molar-refractivity contribution is 5.84. The summed E-state index contributed by atoms with van der Waals surface area (Å²) in [6.07, 6.45) is -1.45. The standard InChI is InChI=1S/C22H25F3N4O4/c23-22(24,25)13-29-11-16-9-18(3-2-14(16)8-15(20(29)32)10-19(30)31)33-7-4-17-12-28-6-1-5-26-21(28)27-17/h2-3,9,12,15H,1,4-8,10-11,13H2,(H,26,27)(H,30,31)/t15-/m0/s1. The lowest BCUT2D eigenvalue weighted by Gasteiger charge is -2.25. The normalized spacial score (nSPS) is 18.2. The van der Waals surface area contributed by atoms with Gasteiger partial charge in [0.2, 0.25) is 11.9 Å². The number of anilines is 1. The van der Waals surface area contributed by atoms with E-state index in [1.807, 2.05) is 6.20 Å². The van der Waals surface area contributed by atoms with E-state index in [1.54, 1.807) is 18.2 Å². The molecule has 0 fully saturated rings. The summed E-state index contributed by atoms with van der Waals surface area (Å²) in [5.74, 6) is -1.75. The van der Waals surface area contributed by atoms with E-state index in [2.05, 4.69) is 14.9 Å². The summed E-state index contributed by atoms with van der Waals surface area (Å²) in [6, 6.07) is 5.03. The SMILES string of the molecule is O=C(O)C[C@@H]1Cc2ccc(OCCc3cn4c(n3)NCCC4)cc2CN(CC(F)(F)F)C1=O. The number of ether oxygens (including phenoxy) is 1. The van der Waals surface area contributed by atoms with Gasteiger partial charge in [-0.3, -0.25) is 9.59 Å². The highest BCUT2D eigenvalue weighted by Gasteiger charge is 2.38. The number of carbonyl (C=O) groups excluding carboxylic acids is 1. The van der Waals surface area contributed by atoms with Crippen LogP contribution in [0, 0.1) is 5.92 Å². The van der Waals surface area contributed by atoms with Crippen molar-refractivity contribution < 1.29 is 32.6 Å². The second kappa shape index (κ2) is 9.32. The number of rotatable bonds is 7. The van der Waals surface area contributed by atoms with E-state index in [0.717, 1.165) is 31.2 Å². The molecule has 1 aromatic carbocycles. The van der Waals surface area contributed by atoms with Crippen LogP contribution in [-0.4, -0.2) is 57.3 Å². The van der Waals surface area contributed by atoms with Gasteiger partial charge in [-0.2, -0.15) is 13.2 Å². The lowest BCUT2D eigenvalue weighted by molar-refractivity contribution is -0.165. The van der Waals surface area contributed by atoms with Crippen molar-refractivity contribution in [1.82, 2.24) is 14.5 Å². The number of aryl methyl sites for hydroxylation is 1. The molecular weight excluding hydrogens is 441 g/mol. The highest BCUT2D eigenvalue weighted by Crippen LogP contribution is 2.30. The molecule has 1 atom stereocenters. The average molecular weight is 466 g/mol. The number of hydrogen-bond acceptors (Lipinski definition) is 5. The van der Waals surface area contributed by atoms with E-state index in [4.69, 9.17) is 9.84 Å². The Labute approximate surface area is 188 Å². The van der Waals surface area contributed by atoms with E-state index < -0.39 is 36.9 Å². The molecule has 4 rings (SSSR count). The van der Waals surface area contributed by atoms with Crippen LogP contribution in [0.1, 0.15) is 29.7 Å². The van der Waals surface area contributed by atoms with Crippen LogP contribution in [0.15, 0.2) is 24.4 Å². The van der Waals surface area contributed by atoms with Gasteiger partial charge in [0.05, 0.1) is 24.6 Å². The number of aromatic nitrogens is 2. The van der Waals surface area contributed by atoms with Crippen LogP contribution in [0.3, 0.4) is 0 Å². The van der Waals surface area contributed by atoms with E-state index in [1.165, 1.54) is 0 Å².